The molecule has 3 aromatic carbocycles. The third-order valence-corrected chi connectivity index (χ3v) is 6.97. The third kappa shape index (κ3) is 5.67. The minimum absolute atomic E-state index is 0.0806. The topological polar surface area (TPSA) is 99.8 Å². The second-order valence-corrected chi connectivity index (χ2v) is 9.60. The van der Waals surface area contributed by atoms with Crippen LogP contribution in [0.2, 0.25) is 0 Å². The van der Waals surface area contributed by atoms with Gasteiger partial charge in [-0.15, -0.1) is 0 Å². The first-order valence-corrected chi connectivity index (χ1v) is 12.5. The van der Waals surface area contributed by atoms with Crippen molar-refractivity contribution >= 4 is 27.3 Å². The Kier molecular flexibility index (Phi) is 7.34. The van der Waals surface area contributed by atoms with Gasteiger partial charge in [0.2, 0.25) is 0 Å². The molecular weight excluding hydrogens is 452 g/mol. The van der Waals surface area contributed by atoms with E-state index in [1.165, 1.54) is 19.2 Å². The number of nitrogens with one attached hydrogen (secondary N) is 3. The molecule has 3 N–H and O–H groups in total. The van der Waals surface area contributed by atoms with Gasteiger partial charge >= 0.3 is 0 Å². The quantitative estimate of drug-likeness (QED) is 0.459. The van der Waals surface area contributed by atoms with E-state index in [2.05, 4.69) is 20.3 Å². The van der Waals surface area contributed by atoms with Crippen LogP contribution in [0.15, 0.2) is 77.7 Å². The van der Waals surface area contributed by atoms with Gasteiger partial charge in [0.15, 0.2) is 0 Å². The summed E-state index contributed by atoms with van der Waals surface area (Å²) in [5, 5.41) is 6.19. The molecule has 0 unspecified atom stereocenters. The van der Waals surface area contributed by atoms with E-state index in [1.54, 1.807) is 30.3 Å². The molecule has 1 saturated heterocycles. The van der Waals surface area contributed by atoms with Crippen LogP contribution in [-0.2, 0) is 16.6 Å². The number of piperazine rings is 1. The average molecular weight is 481 g/mol. The van der Waals surface area contributed by atoms with Crippen molar-refractivity contribution in [2.24, 2.45) is 0 Å². The first kappa shape index (κ1) is 23.6. The first-order chi connectivity index (χ1) is 16.5. The van der Waals surface area contributed by atoms with Gasteiger partial charge in [-0.2, -0.15) is 0 Å². The average Bonchev–Trinajstić information content (AvgIpc) is 2.88. The largest absolute Gasteiger partial charge is 0.497 e. The zero-order chi connectivity index (χ0) is 24.0. The zero-order valence-electron chi connectivity index (χ0n) is 19.0. The minimum atomic E-state index is -3.91. The van der Waals surface area contributed by atoms with Crippen molar-refractivity contribution in [1.82, 2.24) is 10.6 Å². The highest BCUT2D eigenvalue weighted by Gasteiger charge is 2.22. The highest BCUT2D eigenvalue weighted by molar-refractivity contribution is 7.92. The number of rotatable bonds is 8. The Labute approximate surface area is 200 Å². The van der Waals surface area contributed by atoms with Crippen LogP contribution in [-0.4, -0.2) is 47.6 Å². The summed E-state index contributed by atoms with van der Waals surface area (Å²) in [6, 6.07) is 21.0. The number of nitrogens with zero attached hydrogens (tertiary/aromatic N) is 1. The Morgan fingerprint density at radius 3 is 2.50 bits per heavy atom. The summed E-state index contributed by atoms with van der Waals surface area (Å²) in [4.78, 5) is 15.0. The van der Waals surface area contributed by atoms with Crippen LogP contribution >= 0.6 is 0 Å². The maximum absolute atomic E-state index is 13.2. The van der Waals surface area contributed by atoms with E-state index in [9.17, 15) is 13.2 Å². The zero-order valence-corrected chi connectivity index (χ0v) is 19.8. The smallest absolute Gasteiger partial charge is 0.262 e. The predicted octanol–water partition coefficient (Wildman–Crippen LogP) is 2.84. The molecule has 4 rings (SSSR count). The van der Waals surface area contributed by atoms with Gasteiger partial charge in [-0.1, -0.05) is 36.4 Å². The molecule has 3 aromatic rings. The van der Waals surface area contributed by atoms with E-state index in [0.29, 0.717) is 23.5 Å². The van der Waals surface area contributed by atoms with Crippen LogP contribution in [0, 0.1) is 0 Å². The fourth-order valence-corrected chi connectivity index (χ4v) is 4.89. The Morgan fingerprint density at radius 2 is 1.76 bits per heavy atom. The van der Waals surface area contributed by atoms with Gasteiger partial charge in [-0.25, -0.2) is 8.42 Å². The van der Waals surface area contributed by atoms with Gasteiger partial charge in [-0.3, -0.25) is 9.52 Å². The standard InChI is InChI=1S/C25H28N4O4S/c1-33-21-8-5-9-22(17-21)34(31,32)28-23-16-20(10-11-24(23)29-14-12-26-13-15-29)25(30)27-18-19-6-3-2-4-7-19/h2-11,16-17,26,28H,12-15,18H2,1H3,(H,27,30). The molecule has 8 nitrogen and oxygen atoms in total. The summed E-state index contributed by atoms with van der Waals surface area (Å²) in [5.41, 5.74) is 2.44. The van der Waals surface area contributed by atoms with Crippen LogP contribution in [0.5, 0.6) is 5.75 Å². The van der Waals surface area contributed by atoms with Crippen molar-refractivity contribution in [1.29, 1.82) is 0 Å². The number of hydrogen-bond acceptors (Lipinski definition) is 6. The maximum Gasteiger partial charge on any atom is 0.262 e. The molecule has 1 aliphatic rings. The Balaban J connectivity index is 1.62. The summed E-state index contributed by atoms with van der Waals surface area (Å²) in [6.07, 6.45) is 0. The van der Waals surface area contributed by atoms with Gasteiger partial charge in [0.25, 0.3) is 15.9 Å². The number of anilines is 2. The lowest BCUT2D eigenvalue weighted by Crippen LogP contribution is -2.43. The Hall–Kier alpha value is -3.56. The molecule has 1 fully saturated rings. The molecule has 34 heavy (non-hydrogen) atoms. The maximum atomic E-state index is 13.2. The molecule has 0 saturated carbocycles. The summed E-state index contributed by atoms with van der Waals surface area (Å²) in [5.74, 6) is 0.164. The molecule has 0 spiro atoms. The molecular formula is C25H28N4O4S. The Morgan fingerprint density at radius 1 is 1.00 bits per heavy atom. The van der Waals surface area contributed by atoms with Gasteiger partial charge < -0.3 is 20.3 Å². The van der Waals surface area contributed by atoms with Crippen molar-refractivity contribution in [3.05, 3.63) is 83.9 Å². The number of hydrogen-bond donors (Lipinski definition) is 3. The summed E-state index contributed by atoms with van der Waals surface area (Å²) in [6.45, 7) is 3.42. The first-order valence-electron chi connectivity index (χ1n) is 11.0. The molecule has 178 valence electrons. The normalized spacial score (nSPS) is 13.9. The second-order valence-electron chi connectivity index (χ2n) is 7.92. The van der Waals surface area contributed by atoms with Crippen molar-refractivity contribution in [2.75, 3.05) is 42.9 Å². The van der Waals surface area contributed by atoms with E-state index in [1.807, 2.05) is 30.3 Å². The summed E-state index contributed by atoms with van der Waals surface area (Å²) >= 11 is 0. The monoisotopic (exact) mass is 480 g/mol. The van der Waals surface area contributed by atoms with Gasteiger partial charge in [-0.05, 0) is 35.9 Å². The van der Waals surface area contributed by atoms with Gasteiger partial charge in [0.1, 0.15) is 5.75 Å². The molecule has 0 radical (unpaired) electrons. The molecule has 1 heterocycles. The van der Waals surface area contributed by atoms with E-state index < -0.39 is 10.0 Å². The van der Waals surface area contributed by atoms with Crippen LogP contribution in [0.4, 0.5) is 11.4 Å². The Bertz CT molecular complexity index is 1240. The van der Waals surface area contributed by atoms with Crippen molar-refractivity contribution in [3.8, 4) is 5.75 Å². The van der Waals surface area contributed by atoms with Crippen molar-refractivity contribution < 1.29 is 17.9 Å². The fraction of sp³-hybridized carbons (Fsp3) is 0.240. The number of carbonyl (C=O) groups excluding carboxylic acids is 1. The van der Waals surface area contributed by atoms with Crippen LogP contribution in [0.25, 0.3) is 0 Å². The number of amides is 1. The summed E-state index contributed by atoms with van der Waals surface area (Å²) in [7, 11) is -2.42. The van der Waals surface area contributed by atoms with Crippen LogP contribution in [0.1, 0.15) is 15.9 Å². The predicted molar refractivity (Wildman–Crippen MR) is 133 cm³/mol. The molecule has 1 amide bonds. The van der Waals surface area contributed by atoms with Crippen LogP contribution in [0.3, 0.4) is 0 Å². The highest BCUT2D eigenvalue weighted by Crippen LogP contribution is 2.30. The second kappa shape index (κ2) is 10.6. The molecule has 0 atom stereocenters. The number of ether oxygens (including phenoxy) is 1. The number of methoxy groups -OCH3 is 1. The van der Waals surface area contributed by atoms with Crippen LogP contribution < -0.4 is 25.0 Å². The van der Waals surface area contributed by atoms with E-state index in [-0.39, 0.29) is 10.8 Å². The highest BCUT2D eigenvalue weighted by atomic mass is 32.2. The molecule has 0 bridgehead atoms. The molecule has 1 aliphatic heterocycles. The fourth-order valence-electron chi connectivity index (χ4n) is 3.79. The minimum Gasteiger partial charge on any atom is -0.497 e. The number of sulfonamides is 1. The van der Waals surface area contributed by atoms with E-state index >= 15 is 0 Å². The van der Waals surface area contributed by atoms with E-state index in [0.717, 1.165) is 37.4 Å². The van der Waals surface area contributed by atoms with Gasteiger partial charge in [0, 0.05) is 44.4 Å². The van der Waals surface area contributed by atoms with Crippen molar-refractivity contribution in [2.45, 2.75) is 11.4 Å². The SMILES string of the molecule is COc1cccc(S(=O)(=O)Nc2cc(C(=O)NCc3ccccc3)ccc2N2CCNCC2)c1. The molecule has 9 heteroatoms. The summed E-state index contributed by atoms with van der Waals surface area (Å²) < 4.78 is 34.3. The van der Waals surface area contributed by atoms with E-state index in [4.69, 9.17) is 4.74 Å². The third-order valence-electron chi connectivity index (χ3n) is 5.61. The lowest BCUT2D eigenvalue weighted by Gasteiger charge is -2.31. The molecule has 0 aromatic heterocycles. The lowest BCUT2D eigenvalue weighted by molar-refractivity contribution is 0.0951. The molecule has 0 aliphatic carbocycles. The number of carbonyl (C=O) groups is 1. The van der Waals surface area contributed by atoms with Gasteiger partial charge in [0.05, 0.1) is 23.4 Å². The number of benzene rings is 3. The lowest BCUT2D eigenvalue weighted by atomic mass is 10.1. The van der Waals surface area contributed by atoms with Crippen molar-refractivity contribution in [3.63, 3.8) is 0 Å².